The largest absolute Gasteiger partial charge is 0.416 e. The van der Waals surface area contributed by atoms with E-state index in [1.807, 2.05) is 11.8 Å². The van der Waals surface area contributed by atoms with Crippen molar-refractivity contribution in [2.24, 2.45) is 11.8 Å². The number of piperidine rings is 1. The van der Waals surface area contributed by atoms with Gasteiger partial charge in [0.1, 0.15) is 0 Å². The molecule has 7 heteroatoms. The van der Waals surface area contributed by atoms with Gasteiger partial charge in [0.2, 0.25) is 11.8 Å². The van der Waals surface area contributed by atoms with E-state index < -0.39 is 11.7 Å². The lowest BCUT2D eigenvalue weighted by atomic mass is 9.86. The molecule has 0 bridgehead atoms. The van der Waals surface area contributed by atoms with E-state index in [1.54, 1.807) is 19.1 Å². The summed E-state index contributed by atoms with van der Waals surface area (Å²) in [6, 6.07) is 5.49. The number of carbonyl (C=O) groups excluding carboxylic acids is 2. The molecule has 3 rings (SSSR count). The number of likely N-dealkylation sites (tertiary alicyclic amines) is 1. The van der Waals surface area contributed by atoms with E-state index in [0.29, 0.717) is 38.4 Å². The van der Waals surface area contributed by atoms with Crippen LogP contribution in [0.15, 0.2) is 24.3 Å². The zero-order valence-corrected chi connectivity index (χ0v) is 16.3. The number of hydrogen-bond donors (Lipinski definition) is 1. The van der Waals surface area contributed by atoms with Crippen molar-refractivity contribution < 1.29 is 22.8 Å². The molecule has 1 saturated carbocycles. The van der Waals surface area contributed by atoms with Gasteiger partial charge >= 0.3 is 6.18 Å². The van der Waals surface area contributed by atoms with Gasteiger partial charge in [-0.2, -0.15) is 13.2 Å². The van der Waals surface area contributed by atoms with Crippen LogP contribution < -0.4 is 5.32 Å². The fourth-order valence-electron chi connectivity index (χ4n) is 4.33. The minimum Gasteiger partial charge on any atom is -0.355 e. The second kappa shape index (κ2) is 7.76. The molecule has 0 aromatic heterocycles. The predicted octanol–water partition coefficient (Wildman–Crippen LogP) is 3.75. The van der Waals surface area contributed by atoms with E-state index in [4.69, 9.17) is 0 Å². The first-order valence-corrected chi connectivity index (χ1v) is 9.94. The van der Waals surface area contributed by atoms with E-state index >= 15 is 0 Å². The summed E-state index contributed by atoms with van der Waals surface area (Å²) < 4.78 is 38.3. The van der Waals surface area contributed by atoms with Crippen LogP contribution in [-0.2, 0) is 21.2 Å². The number of nitrogens with zero attached hydrogens (tertiary/aromatic N) is 1. The van der Waals surface area contributed by atoms with E-state index in [2.05, 4.69) is 5.32 Å². The van der Waals surface area contributed by atoms with Gasteiger partial charge in [-0.15, -0.1) is 0 Å². The number of halogens is 3. The topological polar surface area (TPSA) is 49.4 Å². The van der Waals surface area contributed by atoms with E-state index in [1.165, 1.54) is 0 Å². The van der Waals surface area contributed by atoms with Crippen LogP contribution in [0.2, 0.25) is 0 Å². The maximum absolute atomic E-state index is 12.8. The molecule has 1 aliphatic carbocycles. The fraction of sp³-hybridized carbons (Fsp3) is 0.619. The molecule has 2 aliphatic rings. The van der Waals surface area contributed by atoms with Crippen molar-refractivity contribution in [3.8, 4) is 0 Å². The molecule has 0 radical (unpaired) electrons. The highest BCUT2D eigenvalue weighted by Gasteiger charge is 2.58. The molecular formula is C21H27F3N2O2. The van der Waals surface area contributed by atoms with Crippen molar-refractivity contribution >= 4 is 11.8 Å². The number of nitrogens with one attached hydrogen (secondary N) is 1. The lowest BCUT2D eigenvalue weighted by Gasteiger charge is -2.34. The number of amides is 2. The minimum atomic E-state index is -4.32. The Labute approximate surface area is 163 Å². The molecule has 2 amide bonds. The highest BCUT2D eigenvalue weighted by Crippen LogP contribution is 2.59. The Hall–Kier alpha value is -2.05. The SMILES string of the molecule is CCC(=O)NC[C@@H](CC)C(=O)N1CCC2(c3ccc(C(F)(F)F)cc3)CC2C1. The summed E-state index contributed by atoms with van der Waals surface area (Å²) in [5.74, 6) is 0.0673. The van der Waals surface area contributed by atoms with Gasteiger partial charge in [-0.05, 0) is 42.9 Å². The standard InChI is InChI=1S/C21H27F3N2O2/c1-3-14(12-25-18(27)4-2)19(28)26-10-9-20(11-17(20)13-26)15-5-7-16(8-6-15)21(22,23)24/h5-8,14,17H,3-4,9-13H2,1-2H3,(H,25,27)/t14-,17?,20?/m1/s1. The summed E-state index contributed by atoms with van der Waals surface area (Å²) in [5.41, 5.74) is 0.233. The monoisotopic (exact) mass is 396 g/mol. The Morgan fingerprint density at radius 1 is 1.25 bits per heavy atom. The fourth-order valence-corrected chi connectivity index (χ4v) is 4.33. The van der Waals surface area contributed by atoms with Crippen LogP contribution in [-0.4, -0.2) is 36.3 Å². The second-order valence-electron chi connectivity index (χ2n) is 7.93. The number of carbonyl (C=O) groups is 2. The van der Waals surface area contributed by atoms with Crippen LogP contribution in [0.25, 0.3) is 0 Å². The Morgan fingerprint density at radius 3 is 2.46 bits per heavy atom. The quantitative estimate of drug-likeness (QED) is 0.796. The van der Waals surface area contributed by atoms with Crippen molar-refractivity contribution in [1.29, 1.82) is 0 Å². The Morgan fingerprint density at radius 2 is 1.93 bits per heavy atom. The van der Waals surface area contributed by atoms with E-state index in [0.717, 1.165) is 30.5 Å². The Bertz CT molecular complexity index is 732. The maximum atomic E-state index is 12.8. The summed E-state index contributed by atoms with van der Waals surface area (Å²) in [6.07, 6.45) is -1.59. The summed E-state index contributed by atoms with van der Waals surface area (Å²) in [5, 5.41) is 2.80. The average molecular weight is 396 g/mol. The van der Waals surface area contributed by atoms with Crippen molar-refractivity contribution in [3.63, 3.8) is 0 Å². The molecule has 1 aromatic carbocycles. The third-order valence-electron chi connectivity index (χ3n) is 6.31. The van der Waals surface area contributed by atoms with Crippen LogP contribution in [0, 0.1) is 11.8 Å². The van der Waals surface area contributed by atoms with Crippen molar-refractivity contribution in [1.82, 2.24) is 10.2 Å². The van der Waals surface area contributed by atoms with Crippen LogP contribution in [0.1, 0.15) is 50.7 Å². The zero-order chi connectivity index (χ0) is 20.5. The van der Waals surface area contributed by atoms with Crippen LogP contribution in [0.3, 0.4) is 0 Å². The highest BCUT2D eigenvalue weighted by molar-refractivity contribution is 5.81. The van der Waals surface area contributed by atoms with Gasteiger partial charge in [0.05, 0.1) is 11.5 Å². The van der Waals surface area contributed by atoms with Crippen molar-refractivity contribution in [3.05, 3.63) is 35.4 Å². The first kappa shape index (κ1) is 20.7. The number of fused-ring (bicyclic) bond motifs is 1. The normalized spacial score (nSPS) is 25.0. The molecule has 1 aromatic rings. The molecule has 1 aliphatic heterocycles. The molecular weight excluding hydrogens is 369 g/mol. The molecule has 1 saturated heterocycles. The summed E-state index contributed by atoms with van der Waals surface area (Å²) in [7, 11) is 0. The third-order valence-corrected chi connectivity index (χ3v) is 6.31. The van der Waals surface area contributed by atoms with E-state index in [-0.39, 0.29) is 23.1 Å². The lowest BCUT2D eigenvalue weighted by Crippen LogP contribution is -2.46. The third kappa shape index (κ3) is 4.03. The van der Waals surface area contributed by atoms with Crippen molar-refractivity contribution in [2.75, 3.05) is 19.6 Å². The maximum Gasteiger partial charge on any atom is 0.416 e. The number of benzene rings is 1. The molecule has 2 unspecified atom stereocenters. The minimum absolute atomic E-state index is 0.0617. The van der Waals surface area contributed by atoms with Crippen LogP contribution in [0.4, 0.5) is 13.2 Å². The Balaban J connectivity index is 1.61. The number of hydrogen-bond acceptors (Lipinski definition) is 2. The molecule has 28 heavy (non-hydrogen) atoms. The first-order valence-electron chi connectivity index (χ1n) is 9.94. The molecule has 0 spiro atoms. The summed E-state index contributed by atoms with van der Waals surface area (Å²) >= 11 is 0. The Kier molecular flexibility index (Phi) is 5.73. The molecule has 1 heterocycles. The predicted molar refractivity (Wildman–Crippen MR) is 99.5 cm³/mol. The summed E-state index contributed by atoms with van der Waals surface area (Å²) in [4.78, 5) is 26.2. The molecule has 154 valence electrons. The summed E-state index contributed by atoms with van der Waals surface area (Å²) in [6.45, 7) is 5.31. The van der Waals surface area contributed by atoms with Gasteiger partial charge < -0.3 is 10.2 Å². The zero-order valence-electron chi connectivity index (χ0n) is 16.3. The van der Waals surface area contributed by atoms with Gasteiger partial charge in [-0.1, -0.05) is 26.0 Å². The highest BCUT2D eigenvalue weighted by atomic mass is 19.4. The average Bonchev–Trinajstić information content (AvgIpc) is 3.42. The van der Waals surface area contributed by atoms with Gasteiger partial charge in [0.25, 0.3) is 0 Å². The lowest BCUT2D eigenvalue weighted by molar-refractivity contribution is -0.138. The van der Waals surface area contributed by atoms with Gasteiger partial charge in [-0.3, -0.25) is 9.59 Å². The molecule has 1 N–H and O–H groups in total. The van der Waals surface area contributed by atoms with Crippen molar-refractivity contribution in [2.45, 2.75) is 51.1 Å². The van der Waals surface area contributed by atoms with Gasteiger partial charge in [0, 0.05) is 31.5 Å². The van der Waals surface area contributed by atoms with Crippen LogP contribution >= 0.6 is 0 Å². The number of rotatable bonds is 6. The molecule has 3 atom stereocenters. The van der Waals surface area contributed by atoms with E-state index in [9.17, 15) is 22.8 Å². The van der Waals surface area contributed by atoms with Crippen LogP contribution in [0.5, 0.6) is 0 Å². The van der Waals surface area contributed by atoms with Gasteiger partial charge in [0.15, 0.2) is 0 Å². The second-order valence-corrected chi connectivity index (χ2v) is 7.93. The molecule has 4 nitrogen and oxygen atoms in total. The first-order chi connectivity index (χ1) is 13.2. The smallest absolute Gasteiger partial charge is 0.355 e. The number of alkyl halides is 3. The molecule has 2 fully saturated rings. The van der Waals surface area contributed by atoms with Gasteiger partial charge in [-0.25, -0.2) is 0 Å².